The lowest BCUT2D eigenvalue weighted by Crippen LogP contribution is -2.43. The van der Waals surface area contributed by atoms with Crippen molar-refractivity contribution in [3.05, 3.63) is 65.2 Å². The Bertz CT molecular complexity index is 1070. The highest BCUT2D eigenvalue weighted by Crippen LogP contribution is 2.17. The van der Waals surface area contributed by atoms with E-state index in [2.05, 4.69) is 10.2 Å². The van der Waals surface area contributed by atoms with Crippen LogP contribution in [0.25, 0.3) is 0 Å². The summed E-state index contributed by atoms with van der Waals surface area (Å²) >= 11 is 0. The average molecular weight is 466 g/mol. The molecule has 4 N–H and O–H groups in total. The van der Waals surface area contributed by atoms with Crippen molar-refractivity contribution in [1.29, 1.82) is 5.41 Å². The third kappa shape index (κ3) is 7.05. The van der Waals surface area contributed by atoms with Crippen molar-refractivity contribution in [1.82, 2.24) is 10.4 Å². The first-order chi connectivity index (χ1) is 15.4. The number of nitrogens with one attached hydrogen (secondary N) is 2. The molecule has 0 atom stereocenters. The van der Waals surface area contributed by atoms with E-state index in [1.54, 1.807) is 0 Å². The van der Waals surface area contributed by atoms with Gasteiger partial charge in [0.05, 0.1) is 0 Å². The average Bonchev–Trinajstić information content (AvgIpc) is 2.76. The Morgan fingerprint density at radius 2 is 1.48 bits per heavy atom. The van der Waals surface area contributed by atoms with E-state index in [-0.39, 0.29) is 22.7 Å². The number of hydrogen-bond donors (Lipinski definition) is 3. The number of carbonyl (C=O) groups excluding carboxylic acids is 4. The smallest absolute Gasteiger partial charge is 0.482 e. The van der Waals surface area contributed by atoms with Crippen molar-refractivity contribution in [2.45, 2.75) is 6.18 Å². The number of halogens is 3. The zero-order valence-electron chi connectivity index (χ0n) is 16.9. The van der Waals surface area contributed by atoms with Gasteiger partial charge in [0.15, 0.2) is 6.61 Å². The van der Waals surface area contributed by atoms with E-state index < -0.39 is 36.5 Å². The number of nitrogen functional groups attached to an aromatic ring is 1. The van der Waals surface area contributed by atoms with Crippen LogP contribution in [0.2, 0.25) is 0 Å². The fourth-order valence-electron chi connectivity index (χ4n) is 2.29. The minimum absolute atomic E-state index is 0.0141. The molecule has 0 saturated carbocycles. The minimum atomic E-state index is -5.31. The lowest BCUT2D eigenvalue weighted by molar-refractivity contribution is -0.202. The molecular weight excluding hydrogens is 449 g/mol. The zero-order chi connectivity index (χ0) is 24.8. The Kier molecular flexibility index (Phi) is 7.72. The number of hydrazine groups is 1. The molecule has 0 saturated heterocycles. The Hall–Kier alpha value is -4.42. The number of esters is 2. The summed E-state index contributed by atoms with van der Waals surface area (Å²) in [6.45, 7) is -0.965. The fourth-order valence-corrected chi connectivity index (χ4v) is 2.29. The monoisotopic (exact) mass is 466 g/mol. The van der Waals surface area contributed by atoms with Crippen molar-refractivity contribution in [3.63, 3.8) is 0 Å². The van der Waals surface area contributed by atoms with Crippen LogP contribution in [0.15, 0.2) is 48.5 Å². The number of rotatable bonds is 6. The highest BCUT2D eigenvalue weighted by atomic mass is 19.4. The predicted molar refractivity (Wildman–Crippen MR) is 106 cm³/mol. The number of nitrogens with two attached hydrogens (primary N) is 1. The van der Waals surface area contributed by atoms with E-state index in [0.29, 0.717) is 5.56 Å². The van der Waals surface area contributed by atoms with Crippen LogP contribution in [-0.2, 0) is 14.3 Å². The van der Waals surface area contributed by atoms with Gasteiger partial charge in [-0.3, -0.25) is 25.4 Å². The maximum Gasteiger partial charge on any atom is 0.491 e. The van der Waals surface area contributed by atoms with Crippen LogP contribution in [0, 0.1) is 5.41 Å². The molecule has 2 aromatic carbocycles. The highest BCUT2D eigenvalue weighted by Gasteiger charge is 2.42. The van der Waals surface area contributed by atoms with Crippen molar-refractivity contribution < 1.29 is 41.8 Å². The van der Waals surface area contributed by atoms with Gasteiger partial charge in [0.25, 0.3) is 11.8 Å². The number of ether oxygens (including phenoxy) is 2. The second-order valence-electron chi connectivity index (χ2n) is 6.37. The van der Waals surface area contributed by atoms with Gasteiger partial charge in [-0.25, -0.2) is 9.59 Å². The maximum atomic E-state index is 12.5. The quantitative estimate of drug-likeness (QED) is 0.191. The van der Waals surface area contributed by atoms with Gasteiger partial charge < -0.3 is 15.2 Å². The molecule has 0 aliphatic carbocycles. The first-order valence-corrected chi connectivity index (χ1v) is 8.96. The zero-order valence-corrected chi connectivity index (χ0v) is 16.9. The summed E-state index contributed by atoms with van der Waals surface area (Å²) < 4.78 is 44.6. The second kappa shape index (κ2) is 10.3. The van der Waals surface area contributed by atoms with Gasteiger partial charge in [-0.05, 0) is 36.4 Å². The first-order valence-electron chi connectivity index (χ1n) is 8.96. The summed E-state index contributed by atoms with van der Waals surface area (Å²) in [6.07, 6.45) is -5.31. The predicted octanol–water partition coefficient (Wildman–Crippen LogP) is 1.40. The second-order valence-corrected chi connectivity index (χ2v) is 6.37. The lowest BCUT2D eigenvalue weighted by atomic mass is 10.1. The topological polar surface area (TPSA) is 152 Å². The molecule has 0 aliphatic heterocycles. The molecule has 0 unspecified atom stereocenters. The van der Waals surface area contributed by atoms with E-state index in [9.17, 15) is 32.3 Å². The molecule has 33 heavy (non-hydrogen) atoms. The lowest BCUT2D eigenvalue weighted by Gasteiger charge is -2.18. The molecule has 174 valence electrons. The van der Waals surface area contributed by atoms with E-state index in [0.717, 1.165) is 5.01 Å². The molecule has 2 rings (SSSR count). The molecular formula is C20H17F3N4O6. The maximum absolute atomic E-state index is 12.5. The Labute approximate surface area is 184 Å². The van der Waals surface area contributed by atoms with Gasteiger partial charge >= 0.3 is 18.1 Å². The summed E-state index contributed by atoms with van der Waals surface area (Å²) in [4.78, 5) is 46.5. The molecule has 0 aromatic heterocycles. The van der Waals surface area contributed by atoms with Crippen molar-refractivity contribution in [3.8, 4) is 5.75 Å². The molecule has 0 bridgehead atoms. The summed E-state index contributed by atoms with van der Waals surface area (Å²) in [5.41, 5.74) is 8.49. The third-order valence-corrected chi connectivity index (χ3v) is 3.93. The molecule has 0 heterocycles. The van der Waals surface area contributed by atoms with E-state index in [4.69, 9.17) is 15.9 Å². The molecule has 2 amide bonds. The van der Waals surface area contributed by atoms with Gasteiger partial charge in [0, 0.05) is 23.7 Å². The van der Waals surface area contributed by atoms with Crippen molar-refractivity contribution >= 4 is 29.6 Å². The molecule has 0 spiro atoms. The molecule has 0 aliphatic rings. The molecule has 0 fully saturated rings. The number of nitrogens with zero attached hydrogens (tertiary/aromatic N) is 1. The summed E-state index contributed by atoms with van der Waals surface area (Å²) in [5.74, 6) is -5.54. The molecule has 0 radical (unpaired) electrons. The third-order valence-electron chi connectivity index (χ3n) is 3.93. The van der Waals surface area contributed by atoms with Gasteiger partial charge in [-0.2, -0.15) is 13.2 Å². The fraction of sp³-hybridized carbons (Fsp3) is 0.150. The van der Waals surface area contributed by atoms with E-state index in [1.165, 1.54) is 55.6 Å². The minimum Gasteiger partial charge on any atom is -0.482 e. The summed E-state index contributed by atoms with van der Waals surface area (Å²) in [5, 5.41) is 8.26. The number of hydrogen-bond acceptors (Lipinski definition) is 7. The van der Waals surface area contributed by atoms with Gasteiger partial charge in [0.2, 0.25) is 0 Å². The standard InChI is InChI=1S/C20H17F3N4O6/c1-27(26-17(29)12-4-2-11(3-5-12)16(24)25)18(30)13-6-8-14(9-7-13)32-10-15(28)33-19(31)20(21,22)23/h2-9H,10H2,1H3,(H3,24,25)(H,26,29). The Morgan fingerprint density at radius 1 is 0.970 bits per heavy atom. The van der Waals surface area contributed by atoms with Gasteiger partial charge in [0.1, 0.15) is 11.6 Å². The van der Waals surface area contributed by atoms with E-state index in [1.807, 2.05) is 0 Å². The summed E-state index contributed by atoms with van der Waals surface area (Å²) in [6, 6.07) is 10.9. The number of benzene rings is 2. The molecule has 2 aromatic rings. The number of alkyl halides is 3. The summed E-state index contributed by atoms with van der Waals surface area (Å²) in [7, 11) is 1.31. The number of amidine groups is 1. The van der Waals surface area contributed by atoms with Gasteiger partial charge in [-0.1, -0.05) is 12.1 Å². The SMILES string of the molecule is CN(NC(=O)c1ccc(C(=N)N)cc1)C(=O)c1ccc(OCC(=O)OC(=O)C(F)(F)F)cc1. The Balaban J connectivity index is 1.90. The number of amides is 2. The van der Waals surface area contributed by atoms with Gasteiger partial charge in [-0.15, -0.1) is 0 Å². The Morgan fingerprint density at radius 3 is 2.00 bits per heavy atom. The van der Waals surface area contributed by atoms with Crippen LogP contribution >= 0.6 is 0 Å². The van der Waals surface area contributed by atoms with Crippen molar-refractivity contribution in [2.75, 3.05) is 13.7 Å². The highest BCUT2D eigenvalue weighted by molar-refractivity contribution is 6.00. The van der Waals surface area contributed by atoms with Crippen LogP contribution in [-0.4, -0.2) is 54.4 Å². The largest absolute Gasteiger partial charge is 0.491 e. The van der Waals surface area contributed by atoms with Crippen LogP contribution in [0.1, 0.15) is 26.3 Å². The van der Waals surface area contributed by atoms with Crippen LogP contribution < -0.4 is 15.9 Å². The van der Waals surface area contributed by atoms with Crippen molar-refractivity contribution in [2.24, 2.45) is 5.73 Å². The molecule has 10 nitrogen and oxygen atoms in total. The van der Waals surface area contributed by atoms with Crippen LogP contribution in [0.5, 0.6) is 5.75 Å². The van der Waals surface area contributed by atoms with Crippen LogP contribution in [0.3, 0.4) is 0 Å². The van der Waals surface area contributed by atoms with Crippen LogP contribution in [0.4, 0.5) is 13.2 Å². The van der Waals surface area contributed by atoms with E-state index >= 15 is 0 Å². The number of carbonyl (C=O) groups is 4. The normalized spacial score (nSPS) is 10.7. The molecule has 13 heteroatoms. The first kappa shape index (κ1) is 24.8.